The summed E-state index contributed by atoms with van der Waals surface area (Å²) in [6.45, 7) is 30.5. The molecule has 6 nitrogen and oxygen atoms in total. The van der Waals surface area contributed by atoms with Gasteiger partial charge >= 0.3 is 7.12 Å². The predicted molar refractivity (Wildman–Crippen MR) is 349 cm³/mol. The molecular formula is C74H82B3ClO6. The van der Waals surface area contributed by atoms with Gasteiger partial charge in [-0.3, -0.25) is 0 Å². The Balaban J connectivity index is 0.000000159. The molecule has 430 valence electrons. The number of benzene rings is 8. The molecule has 8 aromatic rings. The standard InChI is InChI=1S/C34H33BO2.C28H21Cl.2C6H14O2.B2/c1-31(2)27-15-9-11-17-29(27)34(30-18-12-10-16-28(30)31)25-14-8-7-13-23(25)24-21-22(19-20-26(24)34)35-36-32(3,4)33(5,6)37-35;1-27(2)23-11-5-7-13-25(23)28(26-14-8-6-12-24(26)27)21-10-4-3-9-19(21)20-17-18(29)15-16-22(20)28;2*1-5(2,7)6(3,4)8;1-2/h7-21H,1-6H3;3-17H,1-2H3;2*7-8H,1-4H3;. The van der Waals surface area contributed by atoms with Crippen LogP contribution in [0.1, 0.15) is 178 Å². The Morgan fingerprint density at radius 2 is 0.583 bits per heavy atom. The van der Waals surface area contributed by atoms with Crippen molar-refractivity contribution in [1.29, 1.82) is 0 Å². The Kier molecular flexibility index (Phi) is 16.2. The van der Waals surface area contributed by atoms with Gasteiger partial charge in [-0.05, 0) is 190 Å². The molecule has 0 amide bonds. The number of rotatable bonds is 3. The van der Waals surface area contributed by atoms with Crippen molar-refractivity contribution in [2.45, 2.75) is 166 Å². The van der Waals surface area contributed by atoms with Crippen LogP contribution in [0.3, 0.4) is 0 Å². The molecule has 4 radical (unpaired) electrons. The molecule has 4 aliphatic carbocycles. The number of hydrogen-bond donors (Lipinski definition) is 4. The predicted octanol–water partition coefficient (Wildman–Crippen LogP) is 14.6. The molecule has 0 unspecified atom stereocenters. The molecule has 4 N–H and O–H groups in total. The smallest absolute Gasteiger partial charge is 0.399 e. The van der Waals surface area contributed by atoms with Gasteiger partial charge in [-0.2, -0.15) is 0 Å². The molecule has 2 spiro atoms. The molecule has 1 aliphatic heterocycles. The second kappa shape index (κ2) is 21.8. The van der Waals surface area contributed by atoms with E-state index in [-0.39, 0.29) is 40.0 Å². The van der Waals surface area contributed by atoms with E-state index in [4.69, 9.17) is 41.3 Å². The first-order chi connectivity index (χ1) is 39.1. The minimum atomic E-state index is -1.01. The van der Waals surface area contributed by atoms with Crippen molar-refractivity contribution in [2.24, 2.45) is 0 Å². The van der Waals surface area contributed by atoms with Gasteiger partial charge in [-0.15, -0.1) is 0 Å². The third kappa shape index (κ3) is 9.98. The van der Waals surface area contributed by atoms with Crippen LogP contribution in [0, 0.1) is 0 Å². The molecule has 0 aromatic heterocycles. The molecule has 0 bridgehead atoms. The summed E-state index contributed by atoms with van der Waals surface area (Å²) in [5.74, 6) is 0. The van der Waals surface area contributed by atoms with Gasteiger partial charge in [0.2, 0.25) is 0 Å². The fourth-order valence-corrected chi connectivity index (χ4v) is 13.0. The summed E-state index contributed by atoms with van der Waals surface area (Å²) in [5.41, 5.74) is 17.1. The Labute approximate surface area is 508 Å². The van der Waals surface area contributed by atoms with Crippen LogP contribution in [0.25, 0.3) is 22.3 Å². The second-order valence-corrected chi connectivity index (χ2v) is 27.8. The van der Waals surface area contributed by atoms with E-state index in [1.165, 1.54) is 89.0 Å². The van der Waals surface area contributed by atoms with Gasteiger partial charge in [0.15, 0.2) is 0 Å². The zero-order valence-electron chi connectivity index (χ0n) is 52.0. The second-order valence-electron chi connectivity index (χ2n) is 27.3. The monoisotopic (exact) mass is 1130 g/mol. The fourth-order valence-electron chi connectivity index (χ4n) is 12.8. The van der Waals surface area contributed by atoms with Crippen molar-refractivity contribution in [1.82, 2.24) is 0 Å². The Morgan fingerprint density at radius 1 is 0.333 bits per heavy atom. The normalized spacial score (nSPS) is 17.7. The molecule has 10 heteroatoms. The topological polar surface area (TPSA) is 99.4 Å². The van der Waals surface area contributed by atoms with Crippen LogP contribution in [0.2, 0.25) is 5.02 Å². The van der Waals surface area contributed by atoms with Crippen molar-refractivity contribution in [2.75, 3.05) is 0 Å². The largest absolute Gasteiger partial charge is 0.494 e. The van der Waals surface area contributed by atoms with E-state index in [9.17, 15) is 0 Å². The molecule has 1 heterocycles. The molecule has 13 rings (SSSR count). The van der Waals surface area contributed by atoms with Crippen LogP contribution in [-0.4, -0.2) is 76.6 Å². The third-order valence-electron chi connectivity index (χ3n) is 19.6. The van der Waals surface area contributed by atoms with Crippen LogP contribution in [0.4, 0.5) is 0 Å². The first-order valence-corrected chi connectivity index (χ1v) is 29.7. The highest BCUT2D eigenvalue weighted by Crippen LogP contribution is 2.64. The summed E-state index contributed by atoms with van der Waals surface area (Å²) in [4.78, 5) is 0. The third-order valence-corrected chi connectivity index (χ3v) is 19.8. The van der Waals surface area contributed by atoms with E-state index in [2.05, 4.69) is 247 Å². The van der Waals surface area contributed by atoms with E-state index in [1.807, 2.05) is 6.07 Å². The van der Waals surface area contributed by atoms with Crippen molar-refractivity contribution >= 4 is 39.7 Å². The Hall–Kier alpha value is -6.00. The number of aliphatic hydroxyl groups is 4. The van der Waals surface area contributed by atoms with Crippen LogP contribution >= 0.6 is 11.6 Å². The summed E-state index contributed by atoms with van der Waals surface area (Å²) in [6.07, 6.45) is 0. The van der Waals surface area contributed by atoms with E-state index in [0.717, 1.165) is 10.5 Å². The first kappa shape index (κ1) is 62.5. The van der Waals surface area contributed by atoms with Gasteiger partial charge in [-0.1, -0.05) is 209 Å². The maximum atomic E-state index is 9.10. The fraction of sp³-hybridized carbons (Fsp3) is 0.351. The van der Waals surface area contributed by atoms with Crippen LogP contribution in [-0.2, 0) is 31.0 Å². The highest BCUT2D eigenvalue weighted by Gasteiger charge is 2.56. The van der Waals surface area contributed by atoms with Gasteiger partial charge in [0.05, 0.1) is 44.4 Å². The molecule has 0 saturated carbocycles. The molecule has 5 aliphatic rings. The first-order valence-electron chi connectivity index (χ1n) is 29.3. The minimum absolute atomic E-state index is 0.0530. The highest BCUT2D eigenvalue weighted by atomic mass is 35.5. The van der Waals surface area contributed by atoms with Gasteiger partial charge in [0, 0.05) is 31.3 Å². The molecule has 1 fully saturated rings. The van der Waals surface area contributed by atoms with Crippen molar-refractivity contribution in [3.63, 3.8) is 0 Å². The maximum Gasteiger partial charge on any atom is 0.494 e. The summed E-state index contributed by atoms with van der Waals surface area (Å²) in [7, 11) is 7.61. The minimum Gasteiger partial charge on any atom is -0.399 e. The lowest BCUT2D eigenvalue weighted by Crippen LogP contribution is -2.44. The molecule has 1 saturated heterocycles. The number of hydrogen-bond acceptors (Lipinski definition) is 6. The zero-order valence-corrected chi connectivity index (χ0v) is 52.8. The van der Waals surface area contributed by atoms with E-state index < -0.39 is 22.4 Å². The Bertz CT molecular complexity index is 3590. The summed E-state index contributed by atoms with van der Waals surface area (Å²) < 4.78 is 12.9. The van der Waals surface area contributed by atoms with Gasteiger partial charge in [0.25, 0.3) is 0 Å². The van der Waals surface area contributed by atoms with Crippen LogP contribution in [0.15, 0.2) is 182 Å². The van der Waals surface area contributed by atoms with Crippen molar-refractivity contribution < 1.29 is 29.7 Å². The highest BCUT2D eigenvalue weighted by molar-refractivity contribution is 6.75. The SMILES string of the molecule is CC(C)(O)C(C)(C)O.CC(C)(O)C(C)(C)O.CC1(C)c2ccccc2C2(c3ccccc3-c3cc(B4OC(C)(C)C(C)(C)O4)ccc32)c2ccccc21.CC1(C)c2ccccc2C2(c3ccccc3-c3cc(Cl)ccc32)c2ccccc21.[B][B]. The number of fused-ring (bicyclic) bond motifs is 18. The quantitative estimate of drug-likeness (QED) is 0.132. The molecule has 84 heavy (non-hydrogen) atoms. The van der Waals surface area contributed by atoms with Gasteiger partial charge < -0.3 is 29.7 Å². The maximum absolute atomic E-state index is 9.10. The van der Waals surface area contributed by atoms with Gasteiger partial charge in [-0.25, -0.2) is 0 Å². The number of halogens is 1. The van der Waals surface area contributed by atoms with E-state index >= 15 is 0 Å². The lowest BCUT2D eigenvalue weighted by molar-refractivity contribution is -0.107. The average Bonchev–Trinajstić information content (AvgIpc) is 1.61. The molecule has 0 atom stereocenters. The van der Waals surface area contributed by atoms with E-state index in [0.29, 0.717) is 0 Å². The van der Waals surface area contributed by atoms with E-state index in [1.54, 1.807) is 55.4 Å². The summed E-state index contributed by atoms with van der Waals surface area (Å²) in [5, 5.41) is 37.2. The van der Waals surface area contributed by atoms with Crippen LogP contribution < -0.4 is 5.46 Å². The summed E-state index contributed by atoms with van der Waals surface area (Å²) >= 11 is 6.46. The average molecular weight is 1140 g/mol. The Morgan fingerprint density at radius 3 is 0.893 bits per heavy atom. The molecule has 8 aromatic carbocycles. The lowest BCUT2D eigenvalue weighted by Gasteiger charge is -2.46. The lowest BCUT2D eigenvalue weighted by atomic mass is 9.55. The van der Waals surface area contributed by atoms with Gasteiger partial charge in [0.1, 0.15) is 0 Å². The summed E-state index contributed by atoms with van der Waals surface area (Å²) in [6, 6.07) is 67.2. The van der Waals surface area contributed by atoms with Crippen molar-refractivity contribution in [3.05, 3.63) is 254 Å². The van der Waals surface area contributed by atoms with Crippen LogP contribution in [0.5, 0.6) is 0 Å². The van der Waals surface area contributed by atoms with Crippen molar-refractivity contribution in [3.8, 4) is 22.3 Å². The molecular weight excluding hydrogens is 1050 g/mol. The zero-order chi connectivity index (χ0) is 61.6.